The Morgan fingerprint density at radius 3 is 2.75 bits per heavy atom. The summed E-state index contributed by atoms with van der Waals surface area (Å²) in [6.07, 6.45) is 0. The largest absolute Gasteiger partial charge is 0.481 e. The third-order valence-corrected chi connectivity index (χ3v) is 6.23. The summed E-state index contributed by atoms with van der Waals surface area (Å²) in [6, 6.07) is 5.23. The fourth-order valence-electron chi connectivity index (χ4n) is 2.41. The van der Waals surface area contributed by atoms with Gasteiger partial charge in [-0.25, -0.2) is 13.8 Å². The van der Waals surface area contributed by atoms with Crippen LogP contribution in [0, 0.1) is 11.6 Å². The van der Waals surface area contributed by atoms with Gasteiger partial charge in [-0.05, 0) is 6.07 Å². The number of hydrogen-bond acceptors (Lipinski definition) is 7. The number of aromatic nitrogens is 2. The fraction of sp³-hybridized carbons (Fsp3) is 0.375. The number of halogens is 2. The van der Waals surface area contributed by atoms with Gasteiger partial charge in [0.2, 0.25) is 5.88 Å². The van der Waals surface area contributed by atoms with Gasteiger partial charge in [0.25, 0.3) is 0 Å². The van der Waals surface area contributed by atoms with Gasteiger partial charge in [-0.15, -0.1) is 0 Å². The molecule has 2 aromatic rings. The van der Waals surface area contributed by atoms with E-state index in [4.69, 9.17) is 9.47 Å². The smallest absolute Gasteiger partial charge is 0.302 e. The Balaban J connectivity index is 1.77. The molecule has 0 aliphatic carbocycles. The van der Waals surface area contributed by atoms with Crippen molar-refractivity contribution in [3.05, 3.63) is 41.5 Å². The quantitative estimate of drug-likeness (QED) is 0.529. The third-order valence-electron chi connectivity index (χ3n) is 3.82. The molecule has 1 aliphatic heterocycles. The van der Waals surface area contributed by atoms with E-state index in [1.165, 1.54) is 29.6 Å². The van der Waals surface area contributed by atoms with Gasteiger partial charge < -0.3 is 9.47 Å². The molecule has 1 aromatic heterocycles. The average Bonchev–Trinajstić information content (AvgIpc) is 2.69. The zero-order valence-corrected chi connectivity index (χ0v) is 16.5. The number of nitrogens with zero attached hydrogens (tertiary/aromatic N) is 3. The molecule has 3 rings (SSSR count). The molecule has 1 aliphatic rings. The lowest BCUT2D eigenvalue weighted by Gasteiger charge is -2.26. The van der Waals surface area contributed by atoms with Crippen LogP contribution in [0.15, 0.2) is 29.4 Å². The Morgan fingerprint density at radius 1 is 1.29 bits per heavy atom. The molecule has 0 spiro atoms. The first kappa shape index (κ1) is 20.7. The van der Waals surface area contributed by atoms with Crippen LogP contribution in [0.1, 0.15) is 5.56 Å². The summed E-state index contributed by atoms with van der Waals surface area (Å²) in [5.74, 6) is -1.67. The van der Waals surface area contributed by atoms with E-state index in [0.717, 1.165) is 17.8 Å². The highest BCUT2D eigenvalue weighted by Gasteiger charge is 2.25. The van der Waals surface area contributed by atoms with Crippen LogP contribution in [0.4, 0.5) is 14.6 Å². The lowest BCUT2D eigenvalue weighted by atomic mass is 10.2. The Morgan fingerprint density at radius 2 is 2.04 bits per heavy atom. The summed E-state index contributed by atoms with van der Waals surface area (Å²) < 4.78 is 66.0. The summed E-state index contributed by atoms with van der Waals surface area (Å²) >= 11 is 1.02. The first-order valence-electron chi connectivity index (χ1n) is 8.23. The highest BCUT2D eigenvalue weighted by atomic mass is 32.2. The van der Waals surface area contributed by atoms with Crippen molar-refractivity contribution < 1.29 is 26.7 Å². The van der Waals surface area contributed by atoms with E-state index in [2.05, 4.69) is 14.7 Å². The van der Waals surface area contributed by atoms with Crippen molar-refractivity contribution in [2.75, 3.05) is 38.1 Å². The van der Waals surface area contributed by atoms with Crippen molar-refractivity contribution in [3.8, 4) is 5.88 Å². The SMILES string of the molecule is COc1cc(NS(=O)(=O)N2CCOCC2)nc(SCc2cccc(F)c2F)n1. The van der Waals surface area contributed by atoms with Crippen molar-refractivity contribution in [3.63, 3.8) is 0 Å². The van der Waals surface area contributed by atoms with Gasteiger partial charge in [0.1, 0.15) is 5.82 Å². The monoisotopic (exact) mass is 432 g/mol. The predicted molar refractivity (Wildman–Crippen MR) is 99.4 cm³/mol. The van der Waals surface area contributed by atoms with E-state index in [9.17, 15) is 17.2 Å². The van der Waals surface area contributed by atoms with Crippen molar-refractivity contribution in [1.82, 2.24) is 14.3 Å². The number of thioether (sulfide) groups is 1. The second kappa shape index (κ2) is 8.99. The number of rotatable bonds is 7. The number of methoxy groups -OCH3 is 1. The molecule has 0 atom stereocenters. The van der Waals surface area contributed by atoms with E-state index < -0.39 is 21.8 Å². The second-order valence-electron chi connectivity index (χ2n) is 5.70. The minimum absolute atomic E-state index is 0.0144. The molecule has 2 heterocycles. The third kappa shape index (κ3) is 5.07. The fourth-order valence-corrected chi connectivity index (χ4v) is 4.36. The molecule has 1 N–H and O–H groups in total. The van der Waals surface area contributed by atoms with Crippen molar-refractivity contribution in [2.45, 2.75) is 10.9 Å². The van der Waals surface area contributed by atoms with Crippen LogP contribution in [-0.4, -0.2) is 56.1 Å². The van der Waals surface area contributed by atoms with E-state index >= 15 is 0 Å². The van der Waals surface area contributed by atoms with Crippen LogP contribution >= 0.6 is 11.8 Å². The maximum absolute atomic E-state index is 13.8. The number of hydrogen-bond donors (Lipinski definition) is 1. The van der Waals surface area contributed by atoms with Crippen LogP contribution < -0.4 is 9.46 Å². The number of morpholine rings is 1. The van der Waals surface area contributed by atoms with E-state index in [0.29, 0.717) is 13.2 Å². The van der Waals surface area contributed by atoms with Crippen LogP contribution in [0.3, 0.4) is 0 Å². The van der Waals surface area contributed by atoms with Gasteiger partial charge in [-0.1, -0.05) is 23.9 Å². The zero-order chi connectivity index (χ0) is 20.1. The Hall–Kier alpha value is -2.02. The summed E-state index contributed by atoms with van der Waals surface area (Å²) in [6.45, 7) is 1.10. The number of nitrogens with one attached hydrogen (secondary N) is 1. The molecule has 0 saturated carbocycles. The highest BCUT2D eigenvalue weighted by Crippen LogP contribution is 2.26. The number of anilines is 1. The first-order valence-corrected chi connectivity index (χ1v) is 10.7. The molecule has 0 radical (unpaired) electrons. The van der Waals surface area contributed by atoms with Gasteiger partial charge in [-0.2, -0.15) is 17.7 Å². The van der Waals surface area contributed by atoms with Gasteiger partial charge >= 0.3 is 10.2 Å². The van der Waals surface area contributed by atoms with E-state index in [1.807, 2.05) is 0 Å². The second-order valence-corrected chi connectivity index (χ2v) is 8.31. The van der Waals surface area contributed by atoms with Crippen LogP contribution in [-0.2, 0) is 20.7 Å². The minimum Gasteiger partial charge on any atom is -0.481 e. The molecule has 0 unspecified atom stereocenters. The topological polar surface area (TPSA) is 93.7 Å². The zero-order valence-electron chi connectivity index (χ0n) is 14.9. The van der Waals surface area contributed by atoms with Gasteiger partial charge in [-0.3, -0.25) is 4.72 Å². The number of ether oxygens (including phenoxy) is 2. The van der Waals surface area contributed by atoms with E-state index in [-0.39, 0.29) is 41.3 Å². The summed E-state index contributed by atoms with van der Waals surface area (Å²) in [4.78, 5) is 8.24. The Kier molecular flexibility index (Phi) is 6.65. The maximum Gasteiger partial charge on any atom is 0.302 e. The predicted octanol–water partition coefficient (Wildman–Crippen LogP) is 2.04. The van der Waals surface area contributed by atoms with E-state index in [1.54, 1.807) is 0 Å². The lowest BCUT2D eigenvalue weighted by molar-refractivity contribution is 0.0733. The van der Waals surface area contributed by atoms with Crippen molar-refractivity contribution in [2.24, 2.45) is 0 Å². The molecular weight excluding hydrogens is 414 g/mol. The first-order chi connectivity index (χ1) is 13.4. The van der Waals surface area contributed by atoms with Gasteiger partial charge in [0, 0.05) is 30.5 Å². The molecule has 1 saturated heterocycles. The van der Waals surface area contributed by atoms with Crippen molar-refractivity contribution >= 4 is 27.8 Å². The number of benzene rings is 1. The minimum atomic E-state index is -3.82. The molecule has 28 heavy (non-hydrogen) atoms. The van der Waals surface area contributed by atoms with Gasteiger partial charge in [0.05, 0.1) is 20.3 Å². The summed E-state index contributed by atoms with van der Waals surface area (Å²) in [7, 11) is -2.44. The molecule has 12 heteroatoms. The Bertz CT molecular complexity index is 940. The van der Waals surface area contributed by atoms with Crippen LogP contribution in [0.2, 0.25) is 0 Å². The molecule has 152 valence electrons. The Labute approximate surface area is 165 Å². The van der Waals surface area contributed by atoms with Crippen LogP contribution in [0.25, 0.3) is 0 Å². The summed E-state index contributed by atoms with van der Waals surface area (Å²) in [5.41, 5.74) is 0.145. The standard InChI is InChI=1S/C16H18F2N4O4S2/c1-25-14-9-13(21-28(23,24)22-5-7-26-8-6-22)19-16(20-14)27-10-11-3-2-4-12(17)15(11)18/h2-4,9H,5-8,10H2,1H3,(H,19,20,21). The molecule has 8 nitrogen and oxygen atoms in total. The van der Waals surface area contributed by atoms with Gasteiger partial charge in [0.15, 0.2) is 16.8 Å². The average molecular weight is 432 g/mol. The molecule has 1 fully saturated rings. The maximum atomic E-state index is 13.8. The molecule has 0 amide bonds. The van der Waals surface area contributed by atoms with Crippen molar-refractivity contribution in [1.29, 1.82) is 0 Å². The normalized spacial score (nSPS) is 15.4. The molecular formula is C16H18F2N4O4S2. The highest BCUT2D eigenvalue weighted by molar-refractivity contribution is 7.98. The molecule has 0 bridgehead atoms. The van der Waals surface area contributed by atoms with Crippen LogP contribution in [0.5, 0.6) is 5.88 Å². The lowest BCUT2D eigenvalue weighted by Crippen LogP contribution is -2.43. The summed E-state index contributed by atoms with van der Waals surface area (Å²) in [5, 5.41) is 0.155. The molecule has 1 aromatic carbocycles.